The first-order chi connectivity index (χ1) is 11.0. The van der Waals surface area contributed by atoms with Gasteiger partial charge in [-0.3, -0.25) is 0 Å². The van der Waals surface area contributed by atoms with E-state index in [2.05, 4.69) is 0 Å². The third kappa shape index (κ3) is 2.50. The highest BCUT2D eigenvalue weighted by molar-refractivity contribution is 5.88. The van der Waals surface area contributed by atoms with Gasteiger partial charge >= 0.3 is 0 Å². The van der Waals surface area contributed by atoms with Crippen molar-refractivity contribution in [1.29, 1.82) is 0 Å². The van der Waals surface area contributed by atoms with E-state index < -0.39 is 41.3 Å². The van der Waals surface area contributed by atoms with E-state index in [1.54, 1.807) is 36.4 Å². The lowest BCUT2D eigenvalue weighted by atomic mass is 10.1. The molecule has 0 N–H and O–H groups in total. The lowest BCUT2D eigenvalue weighted by Gasteiger charge is -2.13. The SMILES string of the molecule is FCc1c(F)c(F)c(Oc2cccc3ccccc23)c(F)c1F. The molecular weight excluding hydrogens is 315 g/mol. The summed E-state index contributed by atoms with van der Waals surface area (Å²) in [5, 5.41) is 1.22. The third-order valence-corrected chi connectivity index (χ3v) is 3.41. The summed E-state index contributed by atoms with van der Waals surface area (Å²) in [5.41, 5.74) is -1.30. The molecule has 0 bridgehead atoms. The van der Waals surface area contributed by atoms with Gasteiger partial charge in [0.1, 0.15) is 12.4 Å². The molecule has 3 rings (SSSR count). The molecule has 6 heteroatoms. The van der Waals surface area contributed by atoms with Crippen LogP contribution in [0, 0.1) is 23.3 Å². The molecule has 0 atom stereocenters. The molecule has 3 aromatic rings. The standard InChI is InChI=1S/C17H9F5O/c18-8-11-13(19)15(21)17(16(22)14(11)20)23-12-7-3-5-9-4-1-2-6-10(9)12/h1-7H,8H2. The number of benzene rings is 3. The van der Waals surface area contributed by atoms with Gasteiger partial charge in [-0.25, -0.2) is 13.2 Å². The monoisotopic (exact) mass is 324 g/mol. The minimum atomic E-state index is -1.80. The summed E-state index contributed by atoms with van der Waals surface area (Å²) in [6, 6.07) is 11.5. The molecular formula is C17H9F5O. The highest BCUT2D eigenvalue weighted by Crippen LogP contribution is 2.36. The van der Waals surface area contributed by atoms with Crippen molar-refractivity contribution >= 4 is 10.8 Å². The van der Waals surface area contributed by atoms with Gasteiger partial charge < -0.3 is 4.74 Å². The number of ether oxygens (including phenoxy) is 1. The van der Waals surface area contributed by atoms with Gasteiger partial charge in [0, 0.05) is 5.39 Å². The molecule has 0 spiro atoms. The minimum absolute atomic E-state index is 0.0210. The summed E-state index contributed by atoms with van der Waals surface area (Å²) in [5.74, 6) is -8.38. The van der Waals surface area contributed by atoms with Crippen molar-refractivity contribution in [3.63, 3.8) is 0 Å². The number of rotatable bonds is 3. The van der Waals surface area contributed by atoms with Crippen molar-refractivity contribution in [2.45, 2.75) is 6.67 Å². The molecule has 0 saturated carbocycles. The van der Waals surface area contributed by atoms with Crippen LogP contribution in [0.15, 0.2) is 42.5 Å². The Morgan fingerprint density at radius 2 is 1.35 bits per heavy atom. The Balaban J connectivity index is 2.17. The normalized spacial score (nSPS) is 11.0. The summed E-state index contributed by atoms with van der Waals surface area (Å²) < 4.78 is 72.6. The molecule has 0 amide bonds. The first-order valence-electron chi connectivity index (χ1n) is 6.61. The van der Waals surface area contributed by atoms with Gasteiger partial charge in [0.15, 0.2) is 11.6 Å². The number of alkyl halides is 1. The van der Waals surface area contributed by atoms with Crippen LogP contribution in [0.1, 0.15) is 5.56 Å². The van der Waals surface area contributed by atoms with Crippen molar-refractivity contribution in [3.05, 3.63) is 71.3 Å². The molecule has 23 heavy (non-hydrogen) atoms. The second-order valence-corrected chi connectivity index (χ2v) is 4.78. The van der Waals surface area contributed by atoms with Gasteiger partial charge in [0.2, 0.25) is 17.4 Å². The van der Waals surface area contributed by atoms with Gasteiger partial charge in [-0.2, -0.15) is 8.78 Å². The first kappa shape index (κ1) is 15.3. The van der Waals surface area contributed by atoms with E-state index in [1.165, 1.54) is 6.07 Å². The van der Waals surface area contributed by atoms with Gasteiger partial charge in [-0.05, 0) is 11.5 Å². The van der Waals surface area contributed by atoms with Crippen molar-refractivity contribution in [2.75, 3.05) is 0 Å². The maximum atomic E-state index is 13.9. The molecule has 0 heterocycles. The van der Waals surface area contributed by atoms with E-state index in [4.69, 9.17) is 4.74 Å². The highest BCUT2D eigenvalue weighted by atomic mass is 19.2. The molecule has 0 fully saturated rings. The van der Waals surface area contributed by atoms with E-state index in [0.29, 0.717) is 10.8 Å². The quantitative estimate of drug-likeness (QED) is 0.446. The molecule has 0 saturated heterocycles. The highest BCUT2D eigenvalue weighted by Gasteiger charge is 2.27. The van der Waals surface area contributed by atoms with Crippen LogP contribution in [-0.2, 0) is 6.67 Å². The number of halogens is 5. The molecule has 0 aliphatic carbocycles. The van der Waals surface area contributed by atoms with E-state index in [-0.39, 0.29) is 5.75 Å². The van der Waals surface area contributed by atoms with Crippen LogP contribution >= 0.6 is 0 Å². The van der Waals surface area contributed by atoms with E-state index in [1.807, 2.05) is 0 Å². The van der Waals surface area contributed by atoms with Crippen LogP contribution in [0.4, 0.5) is 22.0 Å². The topological polar surface area (TPSA) is 9.23 Å². The Morgan fingerprint density at radius 1 is 0.739 bits per heavy atom. The summed E-state index contributed by atoms with van der Waals surface area (Å²) >= 11 is 0. The molecule has 0 unspecified atom stereocenters. The summed E-state index contributed by atoms with van der Waals surface area (Å²) in [6.45, 7) is -1.67. The maximum absolute atomic E-state index is 13.9. The van der Waals surface area contributed by atoms with E-state index in [0.717, 1.165) is 0 Å². The summed E-state index contributed by atoms with van der Waals surface area (Å²) in [7, 11) is 0. The second kappa shape index (κ2) is 5.87. The average molecular weight is 324 g/mol. The third-order valence-electron chi connectivity index (χ3n) is 3.41. The van der Waals surface area contributed by atoms with Crippen molar-refractivity contribution in [1.82, 2.24) is 0 Å². The zero-order valence-corrected chi connectivity index (χ0v) is 11.5. The van der Waals surface area contributed by atoms with Crippen molar-refractivity contribution in [2.24, 2.45) is 0 Å². The lowest BCUT2D eigenvalue weighted by Crippen LogP contribution is -2.05. The maximum Gasteiger partial charge on any atom is 0.204 e. The fourth-order valence-electron chi connectivity index (χ4n) is 2.26. The predicted molar refractivity (Wildman–Crippen MR) is 75.1 cm³/mol. The Labute approximate surface area is 127 Å². The first-order valence-corrected chi connectivity index (χ1v) is 6.61. The summed E-state index contributed by atoms with van der Waals surface area (Å²) in [6.07, 6.45) is 0. The van der Waals surface area contributed by atoms with Crippen LogP contribution in [0.3, 0.4) is 0 Å². The van der Waals surface area contributed by atoms with E-state index >= 15 is 0 Å². The fourth-order valence-corrected chi connectivity index (χ4v) is 2.26. The molecule has 0 aromatic heterocycles. The van der Waals surface area contributed by atoms with Crippen molar-refractivity contribution < 1.29 is 26.7 Å². The Morgan fingerprint density at radius 3 is 2.00 bits per heavy atom. The Bertz CT molecular complexity index is 857. The van der Waals surface area contributed by atoms with Crippen LogP contribution in [0.5, 0.6) is 11.5 Å². The Hall–Kier alpha value is -2.63. The van der Waals surface area contributed by atoms with Gasteiger partial charge in [-0.1, -0.05) is 36.4 Å². The lowest BCUT2D eigenvalue weighted by molar-refractivity contribution is 0.348. The zero-order chi connectivity index (χ0) is 16.6. The van der Waals surface area contributed by atoms with Gasteiger partial charge in [0.05, 0.1) is 5.56 Å². The Kier molecular flexibility index (Phi) is 3.90. The number of fused-ring (bicyclic) bond motifs is 1. The summed E-state index contributed by atoms with van der Waals surface area (Å²) in [4.78, 5) is 0. The molecule has 3 aromatic carbocycles. The molecule has 1 nitrogen and oxygen atoms in total. The predicted octanol–water partition coefficient (Wildman–Crippen LogP) is 5.66. The molecule has 0 aliphatic rings. The van der Waals surface area contributed by atoms with Crippen molar-refractivity contribution in [3.8, 4) is 11.5 Å². The molecule has 0 aliphatic heterocycles. The minimum Gasteiger partial charge on any atom is -0.450 e. The smallest absolute Gasteiger partial charge is 0.204 e. The number of hydrogen-bond acceptors (Lipinski definition) is 1. The fraction of sp³-hybridized carbons (Fsp3) is 0.0588. The van der Waals surface area contributed by atoms with Crippen LogP contribution in [-0.4, -0.2) is 0 Å². The average Bonchev–Trinajstić information content (AvgIpc) is 2.57. The number of hydrogen-bond donors (Lipinski definition) is 0. The molecule has 0 radical (unpaired) electrons. The van der Waals surface area contributed by atoms with Crippen LogP contribution in [0.25, 0.3) is 10.8 Å². The van der Waals surface area contributed by atoms with E-state index in [9.17, 15) is 22.0 Å². The van der Waals surface area contributed by atoms with Gasteiger partial charge in [-0.15, -0.1) is 0 Å². The largest absolute Gasteiger partial charge is 0.450 e. The van der Waals surface area contributed by atoms with Gasteiger partial charge in [0.25, 0.3) is 0 Å². The zero-order valence-electron chi connectivity index (χ0n) is 11.5. The van der Waals surface area contributed by atoms with Crippen LogP contribution < -0.4 is 4.74 Å². The second-order valence-electron chi connectivity index (χ2n) is 4.78. The molecule has 118 valence electrons. The van der Waals surface area contributed by atoms with Crippen LogP contribution in [0.2, 0.25) is 0 Å².